The molecule has 0 spiro atoms. The van der Waals surface area contributed by atoms with Gasteiger partial charge >= 0.3 is 12.2 Å². The summed E-state index contributed by atoms with van der Waals surface area (Å²) in [6.45, 7) is 0.869. The largest absolute Gasteiger partial charge is 0.445 e. The molecule has 0 saturated carbocycles. The molecule has 2 atom stereocenters. The van der Waals surface area contributed by atoms with Crippen LogP contribution in [0.2, 0.25) is 0 Å². The van der Waals surface area contributed by atoms with Crippen LogP contribution in [0.5, 0.6) is 0 Å². The molecule has 2 fully saturated rings. The summed E-state index contributed by atoms with van der Waals surface area (Å²) in [4.78, 5) is 23.2. The molecular formula is C16H28N2O8S2. The highest BCUT2D eigenvalue weighted by Crippen LogP contribution is 2.15. The van der Waals surface area contributed by atoms with Crippen LogP contribution in [0.15, 0.2) is 0 Å². The Labute approximate surface area is 165 Å². The van der Waals surface area contributed by atoms with E-state index < -0.39 is 44.1 Å². The van der Waals surface area contributed by atoms with Gasteiger partial charge in [-0.25, -0.2) is 26.4 Å². The summed E-state index contributed by atoms with van der Waals surface area (Å²) in [5.41, 5.74) is 0. The molecule has 28 heavy (non-hydrogen) atoms. The molecule has 2 aliphatic heterocycles. The van der Waals surface area contributed by atoms with Gasteiger partial charge in [0.1, 0.15) is 12.2 Å². The molecule has 2 heterocycles. The van der Waals surface area contributed by atoms with Crippen molar-refractivity contribution in [2.45, 2.75) is 50.7 Å². The number of unbranched alkanes of at least 4 members (excludes halogenated alkanes) is 3. The lowest BCUT2D eigenvalue weighted by Gasteiger charge is -2.12. The van der Waals surface area contributed by atoms with Crippen molar-refractivity contribution in [1.82, 2.24) is 10.6 Å². The molecule has 162 valence electrons. The Balaban J connectivity index is 1.41. The topological polar surface area (TPSA) is 145 Å². The van der Waals surface area contributed by atoms with Gasteiger partial charge in [0.2, 0.25) is 0 Å². The molecular weight excluding hydrogens is 412 g/mol. The van der Waals surface area contributed by atoms with Gasteiger partial charge in [0.25, 0.3) is 0 Å². The average molecular weight is 441 g/mol. The molecule has 2 rings (SSSR count). The van der Waals surface area contributed by atoms with E-state index in [0.717, 1.165) is 25.7 Å². The Bertz CT molecular complexity index is 687. The van der Waals surface area contributed by atoms with Gasteiger partial charge in [0, 0.05) is 13.1 Å². The zero-order chi connectivity index (χ0) is 20.6. The first kappa shape index (κ1) is 22.7. The smallest absolute Gasteiger partial charge is 0.407 e. The molecule has 2 aliphatic rings. The van der Waals surface area contributed by atoms with Crippen molar-refractivity contribution in [3.8, 4) is 0 Å². The maximum absolute atomic E-state index is 11.6. The molecule has 0 aliphatic carbocycles. The molecule has 0 aromatic heterocycles. The minimum atomic E-state index is -3.07. The first-order valence-electron chi connectivity index (χ1n) is 9.45. The molecule has 0 aromatic rings. The van der Waals surface area contributed by atoms with Crippen LogP contribution in [0.3, 0.4) is 0 Å². The SMILES string of the molecule is O=C(NCCCCCCNC(=O)O[C@@H]1CCS(=O)(=O)C1)O[C@@H]1CCS(=O)(=O)C1. The molecule has 0 bridgehead atoms. The number of ether oxygens (including phenoxy) is 2. The summed E-state index contributed by atoms with van der Waals surface area (Å²) in [6.07, 6.45) is 1.56. The van der Waals surface area contributed by atoms with E-state index in [9.17, 15) is 26.4 Å². The van der Waals surface area contributed by atoms with Gasteiger partial charge in [-0.15, -0.1) is 0 Å². The van der Waals surface area contributed by atoms with Crippen molar-refractivity contribution in [2.24, 2.45) is 0 Å². The van der Waals surface area contributed by atoms with Crippen LogP contribution >= 0.6 is 0 Å². The first-order valence-corrected chi connectivity index (χ1v) is 13.1. The standard InChI is InChI=1S/C16H28N2O8S2/c19-15(25-13-5-9-27(21,22)11-13)17-7-3-1-2-4-8-18-16(20)26-14-6-10-28(23,24)12-14/h13-14H,1-12H2,(H,17,19)(H,18,20)/t13-,14-/m1/s1. The molecule has 2 N–H and O–H groups in total. The van der Waals surface area contributed by atoms with Crippen molar-refractivity contribution >= 4 is 31.9 Å². The fourth-order valence-electron chi connectivity index (χ4n) is 3.08. The Morgan fingerprint density at radius 3 is 1.43 bits per heavy atom. The van der Waals surface area contributed by atoms with Crippen LogP contribution in [0.25, 0.3) is 0 Å². The molecule has 0 aromatic carbocycles. The lowest BCUT2D eigenvalue weighted by atomic mass is 10.2. The summed E-state index contributed by atoms with van der Waals surface area (Å²) in [7, 11) is -6.14. The summed E-state index contributed by atoms with van der Waals surface area (Å²) in [5.74, 6) is -0.0859. The van der Waals surface area contributed by atoms with E-state index in [-0.39, 0.29) is 23.0 Å². The van der Waals surface area contributed by atoms with Crippen LogP contribution in [-0.2, 0) is 29.1 Å². The maximum atomic E-state index is 11.6. The minimum Gasteiger partial charge on any atom is -0.445 e. The van der Waals surface area contributed by atoms with Crippen molar-refractivity contribution < 1.29 is 35.9 Å². The summed E-state index contributed by atoms with van der Waals surface area (Å²) in [5, 5.41) is 5.20. The number of sulfone groups is 2. The van der Waals surface area contributed by atoms with E-state index in [1.807, 2.05) is 0 Å². The van der Waals surface area contributed by atoms with E-state index in [1.165, 1.54) is 0 Å². The van der Waals surface area contributed by atoms with E-state index in [0.29, 0.717) is 25.9 Å². The van der Waals surface area contributed by atoms with Crippen LogP contribution in [-0.4, -0.2) is 77.3 Å². The van der Waals surface area contributed by atoms with E-state index in [4.69, 9.17) is 9.47 Å². The quantitative estimate of drug-likeness (QED) is 0.489. The van der Waals surface area contributed by atoms with Crippen molar-refractivity contribution in [3.63, 3.8) is 0 Å². The van der Waals surface area contributed by atoms with Crippen LogP contribution < -0.4 is 10.6 Å². The Kier molecular flexibility index (Phi) is 8.35. The fourth-order valence-corrected chi connectivity index (χ4v) is 6.26. The summed E-state index contributed by atoms with van der Waals surface area (Å²) < 4.78 is 55.3. The van der Waals surface area contributed by atoms with Gasteiger partial charge in [-0.3, -0.25) is 0 Å². The summed E-state index contributed by atoms with van der Waals surface area (Å²) in [6, 6.07) is 0. The first-order chi connectivity index (χ1) is 13.2. The number of alkyl carbamates (subject to hydrolysis) is 2. The molecule has 2 amide bonds. The summed E-state index contributed by atoms with van der Waals surface area (Å²) >= 11 is 0. The van der Waals surface area contributed by atoms with Crippen LogP contribution in [0.4, 0.5) is 9.59 Å². The van der Waals surface area contributed by atoms with Gasteiger partial charge in [-0.2, -0.15) is 0 Å². The highest BCUT2D eigenvalue weighted by atomic mass is 32.2. The predicted octanol–water partition coefficient (Wildman–Crippen LogP) is 0.373. The zero-order valence-corrected chi connectivity index (χ0v) is 17.4. The van der Waals surface area contributed by atoms with E-state index >= 15 is 0 Å². The third kappa shape index (κ3) is 8.63. The lowest BCUT2D eigenvalue weighted by Crippen LogP contribution is -2.30. The van der Waals surface area contributed by atoms with Crippen molar-refractivity contribution in [3.05, 3.63) is 0 Å². The van der Waals surface area contributed by atoms with Crippen LogP contribution in [0, 0.1) is 0 Å². The number of nitrogens with one attached hydrogen (secondary N) is 2. The van der Waals surface area contributed by atoms with Gasteiger partial charge in [0.05, 0.1) is 23.0 Å². The Morgan fingerprint density at radius 1 is 0.714 bits per heavy atom. The second-order valence-corrected chi connectivity index (χ2v) is 11.6. The maximum Gasteiger partial charge on any atom is 0.407 e. The monoisotopic (exact) mass is 440 g/mol. The number of hydrogen-bond acceptors (Lipinski definition) is 8. The number of hydrogen-bond donors (Lipinski definition) is 2. The molecule has 12 heteroatoms. The third-order valence-electron chi connectivity index (χ3n) is 4.57. The highest BCUT2D eigenvalue weighted by molar-refractivity contribution is 7.91. The molecule has 2 saturated heterocycles. The number of amides is 2. The van der Waals surface area contributed by atoms with Gasteiger partial charge in [-0.05, 0) is 25.7 Å². The second-order valence-electron chi connectivity index (χ2n) is 7.13. The lowest BCUT2D eigenvalue weighted by molar-refractivity contribution is 0.109. The zero-order valence-electron chi connectivity index (χ0n) is 15.7. The Morgan fingerprint density at radius 2 is 1.11 bits per heavy atom. The normalized spacial score (nSPS) is 25.1. The van der Waals surface area contributed by atoms with Crippen molar-refractivity contribution in [2.75, 3.05) is 36.1 Å². The Hall–Kier alpha value is -1.56. The highest BCUT2D eigenvalue weighted by Gasteiger charge is 2.31. The third-order valence-corrected chi connectivity index (χ3v) is 8.05. The van der Waals surface area contributed by atoms with Gasteiger partial charge < -0.3 is 20.1 Å². The predicted molar refractivity (Wildman–Crippen MR) is 102 cm³/mol. The van der Waals surface area contributed by atoms with Gasteiger partial charge in [0.15, 0.2) is 19.7 Å². The fraction of sp³-hybridized carbons (Fsp3) is 0.875. The molecule has 0 unspecified atom stereocenters. The second kappa shape index (κ2) is 10.3. The van der Waals surface area contributed by atoms with E-state index in [2.05, 4.69) is 10.6 Å². The average Bonchev–Trinajstić information content (AvgIpc) is 3.10. The molecule has 0 radical (unpaired) electrons. The number of carbonyl (C=O) groups is 2. The van der Waals surface area contributed by atoms with Crippen molar-refractivity contribution in [1.29, 1.82) is 0 Å². The van der Waals surface area contributed by atoms with E-state index in [1.54, 1.807) is 0 Å². The van der Waals surface area contributed by atoms with Gasteiger partial charge in [-0.1, -0.05) is 12.8 Å². The molecule has 10 nitrogen and oxygen atoms in total. The number of rotatable bonds is 9. The number of carbonyl (C=O) groups excluding carboxylic acids is 2. The minimum absolute atomic E-state index is 0.0618. The van der Waals surface area contributed by atoms with Crippen LogP contribution in [0.1, 0.15) is 38.5 Å².